The van der Waals surface area contributed by atoms with E-state index in [9.17, 15) is 0 Å². The van der Waals surface area contributed by atoms with Crippen LogP contribution < -0.4 is 5.32 Å². The normalized spacial score (nSPS) is 11.2. The van der Waals surface area contributed by atoms with Gasteiger partial charge in [-0.2, -0.15) is 0 Å². The second-order valence-electron chi connectivity index (χ2n) is 4.51. The maximum Gasteiger partial charge on any atom is 0.0645 e. The quantitative estimate of drug-likeness (QED) is 0.686. The van der Waals surface area contributed by atoms with Crippen LogP contribution in [0.1, 0.15) is 26.3 Å². The number of hydrogen-bond donors (Lipinski definition) is 1. The van der Waals surface area contributed by atoms with Gasteiger partial charge in [0.1, 0.15) is 0 Å². The molecule has 0 unspecified atom stereocenters. The summed E-state index contributed by atoms with van der Waals surface area (Å²) in [5, 5.41) is 3.32. The summed E-state index contributed by atoms with van der Waals surface area (Å²) in [5.41, 5.74) is 1.34. The van der Waals surface area contributed by atoms with E-state index in [1.807, 2.05) is 0 Å². The minimum Gasteiger partial charge on any atom is -0.379 e. The van der Waals surface area contributed by atoms with Crippen LogP contribution in [0, 0.1) is 5.92 Å². The number of aromatic nitrogens is 1. The van der Waals surface area contributed by atoms with Crippen molar-refractivity contribution < 1.29 is 4.74 Å². The molecule has 0 aliphatic carbocycles. The third kappa shape index (κ3) is 5.33. The molecule has 3 nitrogen and oxygen atoms in total. The monoisotopic (exact) mass is 224 g/mol. The van der Waals surface area contributed by atoms with Crippen molar-refractivity contribution in [2.75, 3.05) is 19.8 Å². The molecule has 0 aliphatic rings. The van der Waals surface area contributed by atoms with Crippen LogP contribution in [0.2, 0.25) is 0 Å². The highest BCUT2D eigenvalue weighted by Gasteiger charge is 1.97. The lowest BCUT2D eigenvalue weighted by molar-refractivity contribution is 0.103. The Bertz CT molecular complexity index is 281. The highest BCUT2D eigenvalue weighted by Crippen LogP contribution is 2.01. The molecule has 1 rings (SSSR count). The second kappa shape index (κ2) is 7.47. The zero-order valence-electron chi connectivity index (χ0n) is 10.7. The Labute approximate surface area is 98.8 Å². The van der Waals surface area contributed by atoms with Crippen LogP contribution >= 0.6 is 0 Å². The molecule has 0 amide bonds. The Morgan fingerprint density at radius 3 is 2.94 bits per heavy atom. The molecule has 0 spiro atoms. The van der Waals surface area contributed by atoms with Crippen molar-refractivity contribution >= 4 is 0 Å². The van der Waals surface area contributed by atoms with E-state index < -0.39 is 0 Å². The van der Waals surface area contributed by atoms with Gasteiger partial charge in [-0.15, -0.1) is 0 Å². The molecule has 0 fully saturated rings. The Hall–Kier alpha value is -0.800. The smallest absolute Gasteiger partial charge is 0.0645 e. The summed E-state index contributed by atoms with van der Waals surface area (Å²) in [6, 6.07) is 2.16. The van der Waals surface area contributed by atoms with Crippen molar-refractivity contribution in [1.82, 2.24) is 9.88 Å². The number of nitrogens with one attached hydrogen (secondary N) is 1. The second-order valence-corrected chi connectivity index (χ2v) is 4.51. The molecule has 1 heterocycles. The molecule has 0 atom stereocenters. The van der Waals surface area contributed by atoms with Gasteiger partial charge >= 0.3 is 0 Å². The van der Waals surface area contributed by atoms with E-state index in [1.165, 1.54) is 5.56 Å². The molecule has 0 saturated carbocycles. The third-order valence-corrected chi connectivity index (χ3v) is 2.34. The first-order valence-corrected chi connectivity index (χ1v) is 6.15. The molecule has 92 valence electrons. The van der Waals surface area contributed by atoms with Gasteiger partial charge in [0, 0.05) is 32.1 Å². The van der Waals surface area contributed by atoms with Crippen LogP contribution in [-0.2, 0) is 17.8 Å². The summed E-state index contributed by atoms with van der Waals surface area (Å²) in [6.07, 6.45) is 4.30. The molecule has 16 heavy (non-hydrogen) atoms. The minimum absolute atomic E-state index is 0.619. The van der Waals surface area contributed by atoms with Gasteiger partial charge in [0.05, 0.1) is 6.61 Å². The van der Waals surface area contributed by atoms with Crippen molar-refractivity contribution in [2.24, 2.45) is 5.92 Å². The Kier molecular flexibility index (Phi) is 6.19. The van der Waals surface area contributed by atoms with Crippen LogP contribution in [0.5, 0.6) is 0 Å². The van der Waals surface area contributed by atoms with Crippen LogP contribution in [0.3, 0.4) is 0 Å². The van der Waals surface area contributed by atoms with Crippen LogP contribution in [0.15, 0.2) is 18.5 Å². The van der Waals surface area contributed by atoms with Gasteiger partial charge < -0.3 is 14.6 Å². The predicted molar refractivity (Wildman–Crippen MR) is 67.5 cm³/mol. The van der Waals surface area contributed by atoms with Crippen molar-refractivity contribution in [3.63, 3.8) is 0 Å². The molecule has 0 bridgehead atoms. The zero-order chi connectivity index (χ0) is 11.8. The zero-order valence-corrected chi connectivity index (χ0v) is 10.7. The van der Waals surface area contributed by atoms with Crippen molar-refractivity contribution in [3.05, 3.63) is 24.0 Å². The minimum atomic E-state index is 0.619. The van der Waals surface area contributed by atoms with E-state index >= 15 is 0 Å². The number of nitrogens with zero attached hydrogens (tertiary/aromatic N) is 1. The average Bonchev–Trinajstić information content (AvgIpc) is 2.69. The van der Waals surface area contributed by atoms with Gasteiger partial charge in [-0.05, 0) is 24.1 Å². The Morgan fingerprint density at radius 1 is 1.44 bits per heavy atom. The van der Waals surface area contributed by atoms with E-state index in [1.54, 1.807) is 0 Å². The number of rotatable bonds is 8. The molecule has 1 aromatic rings. The molecule has 0 aliphatic heterocycles. The summed E-state index contributed by atoms with van der Waals surface area (Å²) in [5.74, 6) is 0.619. The highest BCUT2D eigenvalue weighted by molar-refractivity contribution is 5.09. The largest absolute Gasteiger partial charge is 0.379 e. The van der Waals surface area contributed by atoms with Gasteiger partial charge in [-0.25, -0.2) is 0 Å². The topological polar surface area (TPSA) is 26.2 Å². The van der Waals surface area contributed by atoms with E-state index in [2.05, 4.69) is 49.1 Å². The Balaban J connectivity index is 2.19. The maximum atomic E-state index is 5.55. The van der Waals surface area contributed by atoms with Crippen molar-refractivity contribution in [2.45, 2.75) is 33.9 Å². The lowest BCUT2D eigenvalue weighted by Gasteiger charge is -2.07. The van der Waals surface area contributed by atoms with Crippen LogP contribution in [0.25, 0.3) is 0 Å². The van der Waals surface area contributed by atoms with Crippen LogP contribution in [0.4, 0.5) is 0 Å². The summed E-state index contributed by atoms with van der Waals surface area (Å²) in [4.78, 5) is 0. The highest BCUT2D eigenvalue weighted by atomic mass is 16.5. The predicted octanol–water partition coefficient (Wildman–Crippen LogP) is 2.27. The summed E-state index contributed by atoms with van der Waals surface area (Å²) in [7, 11) is 0. The Morgan fingerprint density at radius 2 is 2.25 bits per heavy atom. The summed E-state index contributed by atoms with van der Waals surface area (Å²) in [6.45, 7) is 11.0. The molecular formula is C13H24N2O. The molecule has 3 heteroatoms. The molecule has 1 N–H and O–H groups in total. The molecule has 0 radical (unpaired) electrons. The lowest BCUT2D eigenvalue weighted by atomic mass is 10.2. The summed E-state index contributed by atoms with van der Waals surface area (Å²) < 4.78 is 7.74. The average molecular weight is 224 g/mol. The van der Waals surface area contributed by atoms with E-state index in [0.29, 0.717) is 5.92 Å². The van der Waals surface area contributed by atoms with Gasteiger partial charge in [-0.1, -0.05) is 20.8 Å². The fourth-order valence-electron chi connectivity index (χ4n) is 1.49. The van der Waals surface area contributed by atoms with Gasteiger partial charge in [0.25, 0.3) is 0 Å². The van der Waals surface area contributed by atoms with E-state index in [4.69, 9.17) is 4.74 Å². The first kappa shape index (κ1) is 13.3. The maximum absolute atomic E-state index is 5.55. The van der Waals surface area contributed by atoms with Gasteiger partial charge in [0.15, 0.2) is 0 Å². The first-order chi connectivity index (χ1) is 7.72. The standard InChI is InChI=1S/C13H24N2O/c1-4-14-9-13-5-6-15(10-13)7-8-16-11-12(2)3/h5-6,10,12,14H,4,7-9,11H2,1-3H3. The third-order valence-electron chi connectivity index (χ3n) is 2.34. The molecule has 0 saturated heterocycles. The number of hydrogen-bond acceptors (Lipinski definition) is 2. The molecular weight excluding hydrogens is 200 g/mol. The number of ether oxygens (including phenoxy) is 1. The lowest BCUT2D eigenvalue weighted by Crippen LogP contribution is -2.11. The summed E-state index contributed by atoms with van der Waals surface area (Å²) >= 11 is 0. The van der Waals surface area contributed by atoms with E-state index in [-0.39, 0.29) is 0 Å². The SMILES string of the molecule is CCNCc1ccn(CCOCC(C)C)c1. The van der Waals surface area contributed by atoms with Crippen molar-refractivity contribution in [1.29, 1.82) is 0 Å². The van der Waals surface area contributed by atoms with Gasteiger partial charge in [-0.3, -0.25) is 0 Å². The fourth-order valence-corrected chi connectivity index (χ4v) is 1.49. The fraction of sp³-hybridized carbons (Fsp3) is 0.692. The van der Waals surface area contributed by atoms with Gasteiger partial charge in [0.2, 0.25) is 0 Å². The van der Waals surface area contributed by atoms with E-state index in [0.717, 1.165) is 32.8 Å². The van der Waals surface area contributed by atoms with Crippen LogP contribution in [-0.4, -0.2) is 24.3 Å². The van der Waals surface area contributed by atoms with Crippen molar-refractivity contribution in [3.8, 4) is 0 Å². The molecule has 0 aromatic carbocycles. The first-order valence-electron chi connectivity index (χ1n) is 6.15. The molecule has 1 aromatic heterocycles.